The Bertz CT molecular complexity index is 1180. The van der Waals surface area contributed by atoms with Gasteiger partial charge >= 0.3 is 0 Å². The van der Waals surface area contributed by atoms with E-state index in [1.165, 1.54) is 44.1 Å². The van der Waals surface area contributed by atoms with Gasteiger partial charge in [-0.1, -0.05) is 12.1 Å². The summed E-state index contributed by atoms with van der Waals surface area (Å²) in [7, 11) is 2.80. The van der Waals surface area contributed by atoms with Crippen LogP contribution in [0.4, 0.5) is 0 Å². The summed E-state index contributed by atoms with van der Waals surface area (Å²) in [5, 5.41) is 66.3. The average molecular weight is 460 g/mol. The smallest absolute Gasteiger partial charge is 0.255 e. The topological polar surface area (TPSA) is 202 Å². The monoisotopic (exact) mass is 460 g/mol. The Morgan fingerprint density at radius 3 is 2.27 bits per heavy atom. The molecule has 1 aromatic carbocycles. The van der Waals surface area contributed by atoms with E-state index in [-0.39, 0.29) is 11.1 Å². The van der Waals surface area contributed by atoms with Gasteiger partial charge in [0.05, 0.1) is 40.7 Å². The molecule has 3 aliphatic carbocycles. The van der Waals surface area contributed by atoms with E-state index < -0.39 is 81.1 Å². The zero-order chi connectivity index (χ0) is 24.8. The number of hydrogen-bond acceptors (Lipinski definition) is 10. The van der Waals surface area contributed by atoms with Crippen molar-refractivity contribution in [2.24, 2.45) is 17.6 Å². The van der Waals surface area contributed by atoms with Crippen LogP contribution in [0, 0.1) is 11.8 Å². The van der Waals surface area contributed by atoms with Crippen molar-refractivity contribution < 1.29 is 45.0 Å². The minimum absolute atomic E-state index is 0.00664. The van der Waals surface area contributed by atoms with E-state index in [0.717, 1.165) is 0 Å². The Hall–Kier alpha value is -3.25. The fourth-order valence-corrected chi connectivity index (χ4v) is 5.60. The van der Waals surface area contributed by atoms with Gasteiger partial charge in [-0.05, 0) is 32.6 Å². The number of fused-ring (bicyclic) bond motifs is 3. The molecule has 1 saturated carbocycles. The number of nitrogens with two attached hydrogens (primary N) is 1. The van der Waals surface area contributed by atoms with Gasteiger partial charge in [-0.25, -0.2) is 0 Å². The number of ketones is 2. The number of likely N-dealkylation sites (N-methyl/N-ethyl adjacent to an activating group) is 1. The number of carbonyl (C=O) groups excluding carboxylic acids is 3. The van der Waals surface area contributed by atoms with Crippen LogP contribution in [-0.4, -0.2) is 84.9 Å². The molecule has 0 spiro atoms. The standard InChI is InChI=1S/C22H24N2O9/c1-21(32)7-5-4-6-8(25)9(7)15(26)10-12(21)17(28)13-14(24(2)3)16(27)11(20(23)31)19(30)22(13,33)18(10)29/h4-6,12-14,17,25-26,28,30,32-33H,1-3H3,(H2,23,31)/t12-,13-,14-,17+,21-,22-/m0/s1. The highest BCUT2D eigenvalue weighted by Gasteiger charge is 2.70. The van der Waals surface area contributed by atoms with Crippen LogP contribution in [0.2, 0.25) is 0 Å². The Kier molecular flexibility index (Phi) is 4.78. The molecule has 0 aliphatic heterocycles. The lowest BCUT2D eigenvalue weighted by molar-refractivity contribution is -0.181. The van der Waals surface area contributed by atoms with Crippen LogP contribution in [0.15, 0.2) is 35.1 Å². The third-order valence-corrected chi connectivity index (χ3v) is 7.03. The van der Waals surface area contributed by atoms with Gasteiger partial charge in [-0.3, -0.25) is 19.3 Å². The van der Waals surface area contributed by atoms with Crippen LogP contribution in [0.3, 0.4) is 0 Å². The van der Waals surface area contributed by atoms with Gasteiger partial charge < -0.3 is 36.4 Å². The van der Waals surface area contributed by atoms with Crippen LogP contribution < -0.4 is 5.73 Å². The van der Waals surface area contributed by atoms with Crippen LogP contribution in [-0.2, 0) is 20.0 Å². The maximum atomic E-state index is 13.7. The SMILES string of the molecule is CN(C)[C@@H]1C(=O)C(C(N)=O)=C(O)[C@@]2(O)C(=O)C3=C(O)c4c(O)cccc4[C@](C)(O)[C@@H]3[C@@H](O)[C@H]12. The molecule has 0 aromatic heterocycles. The molecule has 0 radical (unpaired) electrons. The summed E-state index contributed by atoms with van der Waals surface area (Å²) in [5.74, 6) is -9.67. The lowest BCUT2D eigenvalue weighted by Crippen LogP contribution is -2.71. The van der Waals surface area contributed by atoms with E-state index in [1.807, 2.05) is 0 Å². The van der Waals surface area contributed by atoms with Gasteiger partial charge in [0.25, 0.3) is 5.91 Å². The molecular formula is C22H24N2O9. The maximum absolute atomic E-state index is 13.7. The quantitative estimate of drug-likeness (QED) is 0.257. The van der Waals surface area contributed by atoms with E-state index in [2.05, 4.69) is 0 Å². The van der Waals surface area contributed by atoms with Crippen LogP contribution >= 0.6 is 0 Å². The summed E-state index contributed by atoms with van der Waals surface area (Å²) in [6.45, 7) is 1.25. The van der Waals surface area contributed by atoms with E-state index >= 15 is 0 Å². The van der Waals surface area contributed by atoms with Gasteiger partial charge in [0.15, 0.2) is 11.4 Å². The van der Waals surface area contributed by atoms with Crippen LogP contribution in [0.25, 0.3) is 5.76 Å². The fourth-order valence-electron chi connectivity index (χ4n) is 5.60. The van der Waals surface area contributed by atoms with Crippen molar-refractivity contribution in [2.45, 2.75) is 30.3 Å². The lowest BCUT2D eigenvalue weighted by Gasteiger charge is -2.55. The Labute approximate surface area is 187 Å². The average Bonchev–Trinajstić information content (AvgIpc) is 2.70. The predicted molar refractivity (Wildman–Crippen MR) is 112 cm³/mol. The molecular weight excluding hydrogens is 436 g/mol. The summed E-state index contributed by atoms with van der Waals surface area (Å²) in [6, 6.07) is 2.50. The van der Waals surface area contributed by atoms with Crippen molar-refractivity contribution in [2.75, 3.05) is 14.1 Å². The molecule has 1 aromatic rings. The van der Waals surface area contributed by atoms with Crippen LogP contribution in [0.1, 0.15) is 18.1 Å². The van der Waals surface area contributed by atoms with E-state index in [0.29, 0.717) is 0 Å². The molecule has 4 rings (SSSR count). The number of hydrogen-bond donors (Lipinski definition) is 7. The molecule has 1 fully saturated rings. The van der Waals surface area contributed by atoms with Gasteiger partial charge in [0, 0.05) is 0 Å². The number of phenols is 1. The van der Waals surface area contributed by atoms with Crippen molar-refractivity contribution in [1.82, 2.24) is 4.90 Å². The number of amides is 1. The number of Topliss-reactive ketones (excluding diaryl/α,β-unsaturated/α-hetero) is 2. The molecule has 0 unspecified atom stereocenters. The summed E-state index contributed by atoms with van der Waals surface area (Å²) in [6.07, 6.45) is -1.87. The van der Waals surface area contributed by atoms with Gasteiger partial charge in [0.2, 0.25) is 5.78 Å². The summed E-state index contributed by atoms with van der Waals surface area (Å²) in [5.41, 5.74) is -1.78. The maximum Gasteiger partial charge on any atom is 0.255 e. The number of benzene rings is 1. The van der Waals surface area contributed by atoms with E-state index in [1.54, 1.807) is 0 Å². The number of aliphatic hydroxyl groups is 5. The molecule has 0 saturated heterocycles. The molecule has 11 nitrogen and oxygen atoms in total. The van der Waals surface area contributed by atoms with Crippen molar-refractivity contribution in [1.29, 1.82) is 0 Å². The first-order chi connectivity index (χ1) is 15.2. The first-order valence-corrected chi connectivity index (χ1v) is 10.1. The van der Waals surface area contributed by atoms with E-state index in [4.69, 9.17) is 5.73 Å². The molecule has 0 bridgehead atoms. The zero-order valence-electron chi connectivity index (χ0n) is 18.0. The number of phenolic OH excluding ortho intramolecular Hbond substituents is 1. The second-order valence-electron chi connectivity index (χ2n) is 9.06. The second kappa shape index (κ2) is 6.87. The highest BCUT2D eigenvalue weighted by atomic mass is 16.4. The van der Waals surface area contributed by atoms with Crippen molar-refractivity contribution >= 4 is 23.2 Å². The molecule has 8 N–H and O–H groups in total. The molecule has 11 heteroatoms. The fraction of sp³-hybridized carbons (Fsp3) is 0.409. The van der Waals surface area contributed by atoms with Crippen LogP contribution in [0.5, 0.6) is 5.75 Å². The Morgan fingerprint density at radius 1 is 1.12 bits per heavy atom. The van der Waals surface area contributed by atoms with E-state index in [9.17, 15) is 45.0 Å². The summed E-state index contributed by atoms with van der Waals surface area (Å²) >= 11 is 0. The Balaban J connectivity index is 2.11. The third kappa shape index (κ3) is 2.61. The third-order valence-electron chi connectivity index (χ3n) is 7.03. The highest BCUT2D eigenvalue weighted by Crippen LogP contribution is 2.57. The minimum Gasteiger partial charge on any atom is -0.508 e. The Morgan fingerprint density at radius 2 is 1.73 bits per heavy atom. The number of nitrogens with zero attached hydrogens (tertiary/aromatic N) is 1. The molecule has 0 heterocycles. The van der Waals surface area contributed by atoms with Gasteiger partial charge in [-0.15, -0.1) is 0 Å². The van der Waals surface area contributed by atoms with Crippen molar-refractivity contribution in [3.8, 4) is 5.75 Å². The molecule has 3 aliphatic rings. The van der Waals surface area contributed by atoms with Gasteiger partial charge in [-0.2, -0.15) is 0 Å². The first kappa shape index (κ1) is 22.9. The molecule has 33 heavy (non-hydrogen) atoms. The lowest BCUT2D eigenvalue weighted by atomic mass is 9.53. The van der Waals surface area contributed by atoms with Crippen molar-refractivity contribution in [3.05, 3.63) is 46.2 Å². The number of carbonyl (C=O) groups is 3. The minimum atomic E-state index is -3.02. The first-order valence-electron chi connectivity index (χ1n) is 10.1. The number of primary amides is 1. The number of rotatable bonds is 2. The molecule has 6 atom stereocenters. The molecule has 1 amide bonds. The largest absolute Gasteiger partial charge is 0.508 e. The van der Waals surface area contributed by atoms with Crippen molar-refractivity contribution in [3.63, 3.8) is 0 Å². The summed E-state index contributed by atoms with van der Waals surface area (Å²) < 4.78 is 0. The highest BCUT2D eigenvalue weighted by molar-refractivity contribution is 6.24. The van der Waals surface area contributed by atoms with Gasteiger partial charge in [0.1, 0.15) is 22.8 Å². The predicted octanol–water partition coefficient (Wildman–Crippen LogP) is -1.40. The zero-order valence-corrected chi connectivity index (χ0v) is 18.0. The normalized spacial score (nSPS) is 36.0. The summed E-state index contributed by atoms with van der Waals surface area (Å²) in [4.78, 5) is 39.9. The number of aromatic hydroxyl groups is 1. The number of aliphatic hydroxyl groups excluding tert-OH is 3. The second-order valence-corrected chi connectivity index (χ2v) is 9.06. The molecule has 176 valence electrons.